The van der Waals surface area contributed by atoms with Crippen molar-refractivity contribution in [3.05, 3.63) is 47.8 Å². The van der Waals surface area contributed by atoms with Crippen LogP contribution in [0.1, 0.15) is 12.8 Å². The largest absolute Gasteiger partial charge is 0.465 e. The minimum absolute atomic E-state index is 0.380. The van der Waals surface area contributed by atoms with Crippen molar-refractivity contribution in [1.29, 1.82) is 0 Å². The number of hydrogen-bond acceptors (Lipinski definition) is 4. The van der Waals surface area contributed by atoms with Crippen LogP contribution in [0.3, 0.4) is 0 Å². The van der Waals surface area contributed by atoms with Gasteiger partial charge in [0.05, 0.1) is 0 Å². The van der Waals surface area contributed by atoms with E-state index in [0.29, 0.717) is 11.5 Å². The molecule has 78 valence electrons. The molecule has 0 aromatic rings. The van der Waals surface area contributed by atoms with Gasteiger partial charge < -0.3 is 14.7 Å². The Morgan fingerprint density at radius 3 is 3.07 bits per heavy atom. The maximum atomic E-state index is 8.36. The monoisotopic (exact) mass is 205 g/mol. The van der Waals surface area contributed by atoms with Gasteiger partial charge in [0.1, 0.15) is 18.7 Å². The number of allylic oxidation sites excluding steroid dienone is 5. The highest BCUT2D eigenvalue weighted by molar-refractivity contribution is 5.75. The smallest absolute Gasteiger partial charge is 0.184 e. The topological polar surface area (TPSA) is 51.1 Å². The Morgan fingerprint density at radius 1 is 1.40 bits per heavy atom. The van der Waals surface area contributed by atoms with Gasteiger partial charge >= 0.3 is 0 Å². The van der Waals surface area contributed by atoms with E-state index in [2.05, 4.69) is 11.2 Å². The summed E-state index contributed by atoms with van der Waals surface area (Å²) in [6.07, 6.45) is 12.1. The maximum absolute atomic E-state index is 8.36. The Balaban J connectivity index is 2.09. The molecule has 0 amide bonds. The fourth-order valence-electron chi connectivity index (χ4n) is 1.40. The Kier molecular flexibility index (Phi) is 2.88. The summed E-state index contributed by atoms with van der Waals surface area (Å²) in [5.74, 6) is 1.04. The SMILES string of the molecule is ON=CC1=COC=C(C2=CC=CCC2)O1. The van der Waals surface area contributed by atoms with Crippen LogP contribution in [0, 0.1) is 0 Å². The van der Waals surface area contributed by atoms with Crippen LogP contribution in [0.25, 0.3) is 0 Å². The molecule has 1 aliphatic heterocycles. The predicted octanol–water partition coefficient (Wildman–Crippen LogP) is 2.45. The van der Waals surface area contributed by atoms with Gasteiger partial charge in [0.15, 0.2) is 11.5 Å². The zero-order valence-electron chi connectivity index (χ0n) is 8.09. The fraction of sp³-hybridized carbons (Fsp3) is 0.182. The first-order valence-corrected chi connectivity index (χ1v) is 4.67. The molecule has 15 heavy (non-hydrogen) atoms. The highest BCUT2D eigenvalue weighted by atomic mass is 16.5. The molecule has 1 heterocycles. The first-order valence-electron chi connectivity index (χ1n) is 4.67. The van der Waals surface area contributed by atoms with Crippen molar-refractivity contribution in [1.82, 2.24) is 0 Å². The molecule has 1 aliphatic carbocycles. The first-order chi connectivity index (χ1) is 7.40. The van der Waals surface area contributed by atoms with E-state index in [0.717, 1.165) is 18.4 Å². The van der Waals surface area contributed by atoms with Gasteiger partial charge in [0.25, 0.3) is 0 Å². The zero-order valence-corrected chi connectivity index (χ0v) is 8.09. The van der Waals surface area contributed by atoms with Gasteiger partial charge in [-0.05, 0) is 18.4 Å². The molecule has 0 aromatic heterocycles. The molecular formula is C11H11NO3. The van der Waals surface area contributed by atoms with Gasteiger partial charge in [-0.2, -0.15) is 0 Å². The molecule has 1 N–H and O–H groups in total. The molecule has 0 unspecified atom stereocenters. The number of nitrogens with zero attached hydrogens (tertiary/aromatic N) is 1. The van der Waals surface area contributed by atoms with Crippen LogP contribution in [-0.2, 0) is 9.47 Å². The van der Waals surface area contributed by atoms with Crippen molar-refractivity contribution in [2.75, 3.05) is 0 Å². The lowest BCUT2D eigenvalue weighted by Crippen LogP contribution is -2.04. The van der Waals surface area contributed by atoms with Crippen LogP contribution in [0.15, 0.2) is 53.0 Å². The van der Waals surface area contributed by atoms with Gasteiger partial charge in [-0.25, -0.2) is 0 Å². The second-order valence-corrected chi connectivity index (χ2v) is 3.14. The average molecular weight is 205 g/mol. The Labute approximate surface area is 87.5 Å². The van der Waals surface area contributed by atoms with E-state index in [1.54, 1.807) is 6.26 Å². The number of ether oxygens (including phenoxy) is 2. The van der Waals surface area contributed by atoms with Crippen molar-refractivity contribution in [2.24, 2.45) is 5.16 Å². The number of hydrogen-bond donors (Lipinski definition) is 1. The molecule has 0 spiro atoms. The highest BCUT2D eigenvalue weighted by Gasteiger charge is 2.13. The third-order valence-corrected chi connectivity index (χ3v) is 2.10. The number of oxime groups is 1. The standard InChI is InChI=1S/C11H11NO3/c13-12-6-10-7-14-8-11(15-10)9-4-2-1-3-5-9/h1-2,4,6-8,13H,3,5H2. The summed E-state index contributed by atoms with van der Waals surface area (Å²) in [5, 5.41) is 11.2. The second kappa shape index (κ2) is 4.50. The average Bonchev–Trinajstić information content (AvgIpc) is 2.31. The molecule has 2 aliphatic rings. The van der Waals surface area contributed by atoms with Crippen LogP contribution in [0.5, 0.6) is 0 Å². The summed E-state index contributed by atoms with van der Waals surface area (Å²) in [6.45, 7) is 0. The van der Waals surface area contributed by atoms with Crippen LogP contribution in [-0.4, -0.2) is 11.4 Å². The molecule has 0 aromatic carbocycles. The fourth-order valence-corrected chi connectivity index (χ4v) is 1.40. The van der Waals surface area contributed by atoms with Gasteiger partial charge in [0.2, 0.25) is 0 Å². The summed E-state index contributed by atoms with van der Waals surface area (Å²) in [7, 11) is 0. The summed E-state index contributed by atoms with van der Waals surface area (Å²) in [4.78, 5) is 0. The van der Waals surface area contributed by atoms with E-state index >= 15 is 0 Å². The van der Waals surface area contributed by atoms with Gasteiger partial charge in [-0.15, -0.1) is 0 Å². The number of rotatable bonds is 2. The van der Waals surface area contributed by atoms with E-state index in [1.165, 1.54) is 12.5 Å². The minimum Gasteiger partial charge on any atom is -0.465 e. The minimum atomic E-state index is 0.380. The summed E-state index contributed by atoms with van der Waals surface area (Å²) in [5.41, 5.74) is 1.08. The van der Waals surface area contributed by atoms with Gasteiger partial charge in [-0.1, -0.05) is 23.4 Å². The van der Waals surface area contributed by atoms with Crippen LogP contribution in [0.4, 0.5) is 0 Å². The molecule has 2 rings (SSSR count). The van der Waals surface area contributed by atoms with Gasteiger partial charge in [-0.3, -0.25) is 0 Å². The first kappa shape index (κ1) is 9.58. The zero-order chi connectivity index (χ0) is 10.5. The molecule has 0 fully saturated rings. The molecular weight excluding hydrogens is 194 g/mol. The Bertz CT molecular complexity index is 389. The molecule has 0 atom stereocenters. The quantitative estimate of drug-likeness (QED) is 0.428. The van der Waals surface area contributed by atoms with Crippen molar-refractivity contribution in [3.63, 3.8) is 0 Å². The van der Waals surface area contributed by atoms with Crippen molar-refractivity contribution in [2.45, 2.75) is 12.8 Å². The second-order valence-electron chi connectivity index (χ2n) is 3.14. The lowest BCUT2D eigenvalue weighted by atomic mass is 10.0. The van der Waals surface area contributed by atoms with Crippen LogP contribution in [0.2, 0.25) is 0 Å². The summed E-state index contributed by atoms with van der Waals surface area (Å²) in [6, 6.07) is 0. The lowest BCUT2D eigenvalue weighted by molar-refractivity contribution is 0.244. The molecule has 0 saturated heterocycles. The highest BCUT2D eigenvalue weighted by Crippen LogP contribution is 2.25. The molecule has 0 radical (unpaired) electrons. The molecule has 4 nitrogen and oxygen atoms in total. The predicted molar refractivity (Wildman–Crippen MR) is 55.1 cm³/mol. The molecule has 4 heteroatoms. The van der Waals surface area contributed by atoms with E-state index in [9.17, 15) is 0 Å². The van der Waals surface area contributed by atoms with Gasteiger partial charge in [0, 0.05) is 0 Å². The van der Waals surface area contributed by atoms with E-state index in [1.807, 2.05) is 12.2 Å². The summed E-state index contributed by atoms with van der Waals surface area (Å²) < 4.78 is 10.5. The van der Waals surface area contributed by atoms with Crippen LogP contribution >= 0.6 is 0 Å². The molecule has 0 saturated carbocycles. The molecule has 0 bridgehead atoms. The van der Waals surface area contributed by atoms with Crippen LogP contribution < -0.4 is 0 Å². The van der Waals surface area contributed by atoms with Crippen molar-refractivity contribution >= 4 is 6.21 Å². The van der Waals surface area contributed by atoms with E-state index < -0.39 is 0 Å². The maximum Gasteiger partial charge on any atom is 0.184 e. The normalized spacial score (nSPS) is 20.1. The lowest BCUT2D eigenvalue weighted by Gasteiger charge is -2.17. The third kappa shape index (κ3) is 2.28. The summed E-state index contributed by atoms with van der Waals surface area (Å²) >= 11 is 0. The third-order valence-electron chi connectivity index (χ3n) is 2.10. The Morgan fingerprint density at radius 2 is 2.33 bits per heavy atom. The van der Waals surface area contributed by atoms with E-state index in [4.69, 9.17) is 14.7 Å². The Hall–Kier alpha value is -1.97. The van der Waals surface area contributed by atoms with Crippen molar-refractivity contribution < 1.29 is 14.7 Å². The van der Waals surface area contributed by atoms with E-state index in [-0.39, 0.29) is 0 Å². The van der Waals surface area contributed by atoms with Crippen molar-refractivity contribution in [3.8, 4) is 0 Å².